The lowest BCUT2D eigenvalue weighted by molar-refractivity contribution is 0.0785. The van der Waals surface area contributed by atoms with Crippen LogP contribution < -0.4 is 4.90 Å². The van der Waals surface area contributed by atoms with E-state index in [1.165, 1.54) is 6.07 Å². The molecule has 0 saturated carbocycles. The van der Waals surface area contributed by atoms with Crippen molar-refractivity contribution in [2.75, 3.05) is 18.5 Å². The fraction of sp³-hybridized carbons (Fsp3) is 0.333. The molecule has 0 radical (unpaired) electrons. The third-order valence-corrected chi connectivity index (χ3v) is 6.15. The van der Waals surface area contributed by atoms with Crippen molar-refractivity contribution in [2.45, 2.75) is 38.1 Å². The zero-order valence-electron chi connectivity index (χ0n) is 16.4. The van der Waals surface area contributed by atoms with E-state index in [9.17, 15) is 13.2 Å². The summed E-state index contributed by atoms with van der Waals surface area (Å²) in [5, 5.41) is 0. The van der Waals surface area contributed by atoms with Gasteiger partial charge in [0.2, 0.25) is 0 Å². The third kappa shape index (κ3) is 4.09. The first-order valence-corrected chi connectivity index (χ1v) is 10.8. The molecule has 0 fully saturated rings. The van der Waals surface area contributed by atoms with Crippen LogP contribution in [0.4, 0.5) is 5.69 Å². The predicted octanol–water partition coefficient (Wildman–Crippen LogP) is 3.69. The molecule has 6 nitrogen and oxygen atoms in total. The Balaban J connectivity index is 1.91. The highest BCUT2D eigenvalue weighted by Crippen LogP contribution is 2.33. The first-order chi connectivity index (χ1) is 13.3. The van der Waals surface area contributed by atoms with E-state index in [0.29, 0.717) is 30.2 Å². The number of amidine groups is 1. The molecule has 0 aliphatic carbocycles. The van der Waals surface area contributed by atoms with Crippen LogP contribution in [0, 0.1) is 0 Å². The van der Waals surface area contributed by atoms with Crippen LogP contribution in [0.2, 0.25) is 0 Å². The van der Waals surface area contributed by atoms with Gasteiger partial charge in [-0.3, -0.25) is 4.79 Å². The minimum atomic E-state index is -3.81. The van der Waals surface area contributed by atoms with Crippen molar-refractivity contribution in [1.82, 2.24) is 4.90 Å². The molecule has 0 atom stereocenters. The van der Waals surface area contributed by atoms with Crippen molar-refractivity contribution >= 4 is 27.5 Å². The molecule has 1 aliphatic rings. The fourth-order valence-electron chi connectivity index (χ4n) is 3.27. The zero-order valence-corrected chi connectivity index (χ0v) is 17.2. The average Bonchev–Trinajstić information content (AvgIpc) is 2.67. The topological polar surface area (TPSA) is 70.0 Å². The number of benzene rings is 2. The number of carbonyl (C=O) groups excluding carboxylic acids is 1. The smallest absolute Gasteiger partial charge is 0.286 e. The highest BCUT2D eigenvalue weighted by molar-refractivity contribution is 7.90. The van der Waals surface area contributed by atoms with Crippen LogP contribution in [0.15, 0.2) is 57.8 Å². The Hall–Kier alpha value is -2.67. The molecule has 1 aliphatic heterocycles. The largest absolute Gasteiger partial charge is 0.337 e. The second kappa shape index (κ2) is 8.14. The van der Waals surface area contributed by atoms with Crippen LogP contribution in [-0.2, 0) is 16.6 Å². The van der Waals surface area contributed by atoms with Crippen molar-refractivity contribution in [3.8, 4) is 0 Å². The summed E-state index contributed by atoms with van der Waals surface area (Å²) < 4.78 is 29.1. The van der Waals surface area contributed by atoms with Crippen LogP contribution in [-0.4, -0.2) is 38.7 Å². The number of fused-ring (bicyclic) bond motifs is 1. The summed E-state index contributed by atoms with van der Waals surface area (Å²) in [5.74, 6) is 0.231. The zero-order chi connectivity index (χ0) is 20.3. The van der Waals surface area contributed by atoms with Gasteiger partial charge in [0.15, 0.2) is 0 Å². The molecule has 148 valence electrons. The molecule has 0 unspecified atom stereocenters. The number of amides is 1. The van der Waals surface area contributed by atoms with Gasteiger partial charge in [-0.05, 0) is 37.1 Å². The number of rotatable bonds is 6. The average molecular weight is 400 g/mol. The molecular formula is C21H25N3O3S. The molecule has 28 heavy (non-hydrogen) atoms. The minimum absolute atomic E-state index is 0.0909. The summed E-state index contributed by atoms with van der Waals surface area (Å²) in [7, 11) is -2.11. The molecule has 1 amide bonds. The van der Waals surface area contributed by atoms with Gasteiger partial charge in [-0.2, -0.15) is 8.42 Å². The Morgan fingerprint density at radius 2 is 1.86 bits per heavy atom. The monoisotopic (exact) mass is 399 g/mol. The van der Waals surface area contributed by atoms with Gasteiger partial charge in [-0.25, -0.2) is 0 Å². The molecule has 0 spiro atoms. The van der Waals surface area contributed by atoms with Crippen molar-refractivity contribution in [2.24, 2.45) is 4.40 Å². The van der Waals surface area contributed by atoms with Crippen molar-refractivity contribution in [3.05, 3.63) is 59.7 Å². The summed E-state index contributed by atoms with van der Waals surface area (Å²) in [6.45, 7) is 4.92. The lowest BCUT2D eigenvalue weighted by atomic mass is 10.1. The standard InChI is InChI=1S/C21H25N3O3S/c1-4-5-13-24-16(2)22-28(26,27)20-14-18(11-12-19(20)24)21(25)23(3)15-17-9-7-6-8-10-17/h6-12,14H,4-5,13,15H2,1-3H3. The van der Waals surface area contributed by atoms with Gasteiger partial charge in [0.05, 0.1) is 5.69 Å². The lowest BCUT2D eigenvalue weighted by Gasteiger charge is -2.29. The molecule has 3 rings (SSSR count). The van der Waals surface area contributed by atoms with Crippen molar-refractivity contribution in [1.29, 1.82) is 0 Å². The lowest BCUT2D eigenvalue weighted by Crippen LogP contribution is -2.35. The van der Waals surface area contributed by atoms with Gasteiger partial charge >= 0.3 is 0 Å². The van der Waals surface area contributed by atoms with E-state index >= 15 is 0 Å². The van der Waals surface area contributed by atoms with Gasteiger partial charge in [-0.15, -0.1) is 4.40 Å². The summed E-state index contributed by atoms with van der Waals surface area (Å²) in [6.07, 6.45) is 1.92. The quantitative estimate of drug-likeness (QED) is 0.743. The predicted molar refractivity (Wildman–Crippen MR) is 111 cm³/mol. The fourth-order valence-corrected chi connectivity index (χ4v) is 4.53. The number of nitrogens with zero attached hydrogens (tertiary/aromatic N) is 3. The Labute approximate surface area is 166 Å². The molecule has 0 bridgehead atoms. The Bertz CT molecular complexity index is 1000. The number of anilines is 1. The van der Waals surface area contributed by atoms with E-state index in [1.807, 2.05) is 35.2 Å². The summed E-state index contributed by atoms with van der Waals surface area (Å²) in [4.78, 5) is 16.4. The molecule has 1 heterocycles. The molecular weight excluding hydrogens is 374 g/mol. The maximum Gasteiger partial charge on any atom is 0.286 e. The van der Waals surface area contributed by atoms with Gasteiger partial charge in [0, 0.05) is 25.7 Å². The highest BCUT2D eigenvalue weighted by atomic mass is 32.2. The first-order valence-electron chi connectivity index (χ1n) is 9.36. The van der Waals surface area contributed by atoms with E-state index in [0.717, 1.165) is 18.4 Å². The summed E-state index contributed by atoms with van der Waals surface area (Å²) in [5.41, 5.74) is 1.93. The summed E-state index contributed by atoms with van der Waals surface area (Å²) in [6, 6.07) is 14.5. The van der Waals surface area contributed by atoms with E-state index in [1.54, 1.807) is 31.0 Å². The number of carbonyl (C=O) groups is 1. The van der Waals surface area contributed by atoms with E-state index in [2.05, 4.69) is 11.3 Å². The number of unbranched alkanes of at least 4 members (excludes halogenated alkanes) is 1. The van der Waals surface area contributed by atoms with E-state index in [4.69, 9.17) is 0 Å². The maximum absolute atomic E-state index is 12.8. The third-order valence-electron chi connectivity index (χ3n) is 4.76. The van der Waals surface area contributed by atoms with E-state index in [-0.39, 0.29) is 10.8 Å². The van der Waals surface area contributed by atoms with Crippen LogP contribution >= 0.6 is 0 Å². The molecule has 0 saturated heterocycles. The Morgan fingerprint density at radius 1 is 1.14 bits per heavy atom. The van der Waals surface area contributed by atoms with Crippen LogP contribution in [0.25, 0.3) is 0 Å². The Kier molecular flexibility index (Phi) is 5.84. The van der Waals surface area contributed by atoms with Gasteiger partial charge in [0.25, 0.3) is 15.9 Å². The van der Waals surface area contributed by atoms with E-state index < -0.39 is 10.0 Å². The minimum Gasteiger partial charge on any atom is -0.337 e. The van der Waals surface area contributed by atoms with Crippen molar-refractivity contribution < 1.29 is 13.2 Å². The molecule has 2 aromatic carbocycles. The van der Waals surface area contributed by atoms with Crippen LogP contribution in [0.5, 0.6) is 0 Å². The van der Waals surface area contributed by atoms with Crippen LogP contribution in [0.1, 0.15) is 42.6 Å². The second-order valence-corrected chi connectivity index (χ2v) is 8.52. The normalized spacial score (nSPS) is 15.0. The highest BCUT2D eigenvalue weighted by Gasteiger charge is 2.30. The molecule has 2 aromatic rings. The van der Waals surface area contributed by atoms with Gasteiger partial charge in [0.1, 0.15) is 10.7 Å². The number of hydrogen-bond donors (Lipinski definition) is 0. The molecule has 0 aromatic heterocycles. The van der Waals surface area contributed by atoms with Crippen molar-refractivity contribution in [3.63, 3.8) is 0 Å². The van der Waals surface area contributed by atoms with Gasteiger partial charge < -0.3 is 9.80 Å². The number of sulfonamides is 1. The summed E-state index contributed by atoms with van der Waals surface area (Å²) >= 11 is 0. The number of hydrogen-bond acceptors (Lipinski definition) is 4. The molecule has 7 heteroatoms. The van der Waals surface area contributed by atoms with Crippen LogP contribution in [0.3, 0.4) is 0 Å². The molecule has 0 N–H and O–H groups in total. The maximum atomic E-state index is 12.8. The van der Waals surface area contributed by atoms with Gasteiger partial charge in [-0.1, -0.05) is 43.7 Å². The Morgan fingerprint density at radius 3 is 2.54 bits per heavy atom. The SMILES string of the molecule is CCCCN1C(C)=NS(=O)(=O)c2cc(C(=O)N(C)Cc3ccccc3)ccc21. The first kappa shape index (κ1) is 20.1. The second-order valence-electron chi connectivity index (χ2n) is 6.95.